The average Bonchev–Trinajstić information content (AvgIpc) is 2.29. The number of hydrogen-bond acceptors (Lipinski definition) is 3. The van der Waals surface area contributed by atoms with Gasteiger partial charge in [0.15, 0.2) is 0 Å². The smallest absolute Gasteiger partial charge is 0.123 e. The molecule has 0 saturated heterocycles. The molecule has 0 aliphatic carbocycles. The van der Waals surface area contributed by atoms with E-state index in [0.717, 1.165) is 17.2 Å². The van der Waals surface area contributed by atoms with Gasteiger partial charge < -0.3 is 10.5 Å². The lowest BCUT2D eigenvalue weighted by atomic mass is 10.2. The van der Waals surface area contributed by atoms with Gasteiger partial charge in [-0.1, -0.05) is 19.8 Å². The molecular weight excluding hydrogens is 218 g/mol. The number of anilines is 1. The Morgan fingerprint density at radius 3 is 2.81 bits per heavy atom. The van der Waals surface area contributed by atoms with Gasteiger partial charge in [-0.25, -0.2) is 0 Å². The van der Waals surface area contributed by atoms with Crippen molar-refractivity contribution in [2.75, 3.05) is 18.6 Å². The molecule has 1 aromatic rings. The molecule has 1 rings (SSSR count). The van der Waals surface area contributed by atoms with E-state index in [1.54, 1.807) is 7.11 Å². The second kappa shape index (κ2) is 7.44. The molecule has 0 bridgehead atoms. The molecule has 0 fully saturated rings. The Hall–Kier alpha value is -0.830. The molecule has 0 heterocycles. The van der Waals surface area contributed by atoms with Crippen LogP contribution in [0, 0.1) is 0 Å². The Morgan fingerprint density at radius 1 is 1.31 bits per heavy atom. The van der Waals surface area contributed by atoms with E-state index in [2.05, 4.69) is 6.92 Å². The summed E-state index contributed by atoms with van der Waals surface area (Å²) in [7, 11) is 1.71. The monoisotopic (exact) mass is 239 g/mol. The summed E-state index contributed by atoms with van der Waals surface area (Å²) in [5.41, 5.74) is 7.78. The van der Waals surface area contributed by atoms with Crippen molar-refractivity contribution >= 4 is 17.4 Å². The number of ether oxygens (including phenoxy) is 1. The Balaban J connectivity index is 2.42. The summed E-state index contributed by atoms with van der Waals surface area (Å²) < 4.78 is 5.31. The van der Waals surface area contributed by atoms with Gasteiger partial charge in [0.05, 0.1) is 7.11 Å². The van der Waals surface area contributed by atoms with Crippen molar-refractivity contribution in [3.05, 3.63) is 23.8 Å². The van der Waals surface area contributed by atoms with E-state index in [1.165, 1.54) is 30.6 Å². The number of rotatable bonds is 7. The SMILES string of the molecule is CCCCCSCc1cc(N)ccc1OC. The first-order valence-corrected chi connectivity index (χ1v) is 6.93. The highest BCUT2D eigenvalue weighted by molar-refractivity contribution is 7.98. The van der Waals surface area contributed by atoms with Gasteiger partial charge in [-0.05, 0) is 30.4 Å². The van der Waals surface area contributed by atoms with Crippen molar-refractivity contribution in [2.24, 2.45) is 0 Å². The fourth-order valence-corrected chi connectivity index (χ4v) is 2.55. The molecule has 0 saturated carbocycles. The maximum absolute atomic E-state index is 5.77. The lowest BCUT2D eigenvalue weighted by Crippen LogP contribution is -1.94. The van der Waals surface area contributed by atoms with E-state index < -0.39 is 0 Å². The summed E-state index contributed by atoms with van der Waals surface area (Å²) in [4.78, 5) is 0. The van der Waals surface area contributed by atoms with E-state index >= 15 is 0 Å². The maximum Gasteiger partial charge on any atom is 0.123 e. The van der Waals surface area contributed by atoms with Crippen LogP contribution in [0.4, 0.5) is 5.69 Å². The van der Waals surface area contributed by atoms with Crippen LogP contribution in [0.25, 0.3) is 0 Å². The maximum atomic E-state index is 5.77. The average molecular weight is 239 g/mol. The van der Waals surface area contributed by atoms with Crippen molar-refractivity contribution in [3.8, 4) is 5.75 Å². The minimum atomic E-state index is 0.810. The first kappa shape index (κ1) is 13.2. The second-order valence-corrected chi connectivity index (χ2v) is 4.94. The van der Waals surface area contributed by atoms with Crippen LogP contribution >= 0.6 is 11.8 Å². The highest BCUT2D eigenvalue weighted by Gasteiger charge is 2.03. The fourth-order valence-electron chi connectivity index (χ4n) is 1.55. The molecule has 0 aliphatic heterocycles. The lowest BCUT2D eigenvalue weighted by Gasteiger charge is -2.09. The normalized spacial score (nSPS) is 10.4. The molecule has 0 radical (unpaired) electrons. The quantitative estimate of drug-likeness (QED) is 0.582. The van der Waals surface area contributed by atoms with Crippen molar-refractivity contribution in [1.29, 1.82) is 0 Å². The lowest BCUT2D eigenvalue weighted by molar-refractivity contribution is 0.411. The number of unbranched alkanes of at least 4 members (excludes halogenated alkanes) is 2. The zero-order valence-electron chi connectivity index (χ0n) is 10.2. The van der Waals surface area contributed by atoms with E-state index in [9.17, 15) is 0 Å². The molecule has 0 aromatic heterocycles. The van der Waals surface area contributed by atoms with E-state index in [-0.39, 0.29) is 0 Å². The predicted molar refractivity (Wildman–Crippen MR) is 73.1 cm³/mol. The third-order valence-corrected chi connectivity index (χ3v) is 3.55. The van der Waals surface area contributed by atoms with Gasteiger partial charge in [0, 0.05) is 17.0 Å². The van der Waals surface area contributed by atoms with Gasteiger partial charge in [0.1, 0.15) is 5.75 Å². The molecule has 0 aliphatic rings. The second-order valence-electron chi connectivity index (χ2n) is 3.83. The van der Waals surface area contributed by atoms with Crippen molar-refractivity contribution in [3.63, 3.8) is 0 Å². The number of thioether (sulfide) groups is 1. The topological polar surface area (TPSA) is 35.2 Å². The van der Waals surface area contributed by atoms with Crippen LogP contribution in [0.15, 0.2) is 18.2 Å². The standard InChI is InChI=1S/C13H21NOS/c1-3-4-5-8-16-10-11-9-12(14)6-7-13(11)15-2/h6-7,9H,3-5,8,10,14H2,1-2H3. The highest BCUT2D eigenvalue weighted by atomic mass is 32.2. The van der Waals surface area contributed by atoms with Crippen molar-refractivity contribution in [2.45, 2.75) is 31.9 Å². The van der Waals surface area contributed by atoms with E-state index in [0.29, 0.717) is 0 Å². The van der Waals surface area contributed by atoms with Crippen LogP contribution in [0.3, 0.4) is 0 Å². The van der Waals surface area contributed by atoms with Crippen LogP contribution in [-0.4, -0.2) is 12.9 Å². The summed E-state index contributed by atoms with van der Waals surface area (Å²) in [5, 5.41) is 0. The Kier molecular flexibility index (Phi) is 6.16. The number of nitrogens with two attached hydrogens (primary N) is 1. The largest absolute Gasteiger partial charge is 0.496 e. The van der Waals surface area contributed by atoms with Crippen LogP contribution < -0.4 is 10.5 Å². The molecule has 0 unspecified atom stereocenters. The number of hydrogen-bond donors (Lipinski definition) is 1. The number of benzene rings is 1. The summed E-state index contributed by atoms with van der Waals surface area (Å²) in [6.07, 6.45) is 3.90. The van der Waals surface area contributed by atoms with Crippen molar-refractivity contribution < 1.29 is 4.74 Å². The van der Waals surface area contributed by atoms with Crippen LogP contribution in [0.5, 0.6) is 5.75 Å². The van der Waals surface area contributed by atoms with E-state index in [1.807, 2.05) is 30.0 Å². The molecule has 90 valence electrons. The molecule has 0 spiro atoms. The van der Waals surface area contributed by atoms with Crippen molar-refractivity contribution in [1.82, 2.24) is 0 Å². The highest BCUT2D eigenvalue weighted by Crippen LogP contribution is 2.25. The third-order valence-electron chi connectivity index (χ3n) is 2.45. The van der Waals surface area contributed by atoms with Crippen LogP contribution in [0.1, 0.15) is 31.7 Å². The van der Waals surface area contributed by atoms with Gasteiger partial charge in [0.2, 0.25) is 0 Å². The van der Waals surface area contributed by atoms with Gasteiger partial charge in [0.25, 0.3) is 0 Å². The van der Waals surface area contributed by atoms with E-state index in [4.69, 9.17) is 10.5 Å². The zero-order valence-corrected chi connectivity index (χ0v) is 11.0. The third kappa shape index (κ3) is 4.35. The van der Waals surface area contributed by atoms with Crippen LogP contribution in [0.2, 0.25) is 0 Å². The van der Waals surface area contributed by atoms with Gasteiger partial charge in [-0.2, -0.15) is 11.8 Å². The molecule has 2 nitrogen and oxygen atoms in total. The molecule has 0 amide bonds. The molecule has 2 N–H and O–H groups in total. The van der Waals surface area contributed by atoms with Crippen LogP contribution in [-0.2, 0) is 5.75 Å². The molecular formula is C13H21NOS. The zero-order chi connectivity index (χ0) is 11.8. The number of methoxy groups -OCH3 is 1. The van der Waals surface area contributed by atoms with Gasteiger partial charge in [-0.3, -0.25) is 0 Å². The fraction of sp³-hybridized carbons (Fsp3) is 0.538. The summed E-state index contributed by atoms with van der Waals surface area (Å²) in [6, 6.07) is 5.83. The number of nitrogen functional groups attached to an aromatic ring is 1. The summed E-state index contributed by atoms with van der Waals surface area (Å²) in [5.74, 6) is 3.14. The summed E-state index contributed by atoms with van der Waals surface area (Å²) >= 11 is 1.95. The molecule has 16 heavy (non-hydrogen) atoms. The van der Waals surface area contributed by atoms with Gasteiger partial charge in [-0.15, -0.1) is 0 Å². The Labute approximate surface area is 103 Å². The predicted octanol–water partition coefficient (Wildman–Crippen LogP) is 3.70. The minimum absolute atomic E-state index is 0.810. The first-order chi connectivity index (χ1) is 7.77. The molecule has 3 heteroatoms. The minimum Gasteiger partial charge on any atom is -0.496 e. The summed E-state index contributed by atoms with van der Waals surface area (Å²) in [6.45, 7) is 2.23. The first-order valence-electron chi connectivity index (χ1n) is 5.78. The molecule has 1 aromatic carbocycles. The Bertz CT molecular complexity index is 315. The Morgan fingerprint density at radius 2 is 2.12 bits per heavy atom. The molecule has 0 atom stereocenters. The van der Waals surface area contributed by atoms with Gasteiger partial charge >= 0.3 is 0 Å².